The van der Waals surface area contributed by atoms with E-state index in [9.17, 15) is 14.4 Å². The molecule has 1 aliphatic carbocycles. The second kappa shape index (κ2) is 9.55. The molecule has 0 spiro atoms. The average Bonchev–Trinajstić information content (AvgIpc) is 3.45. The van der Waals surface area contributed by atoms with Crippen molar-refractivity contribution in [2.45, 2.75) is 70.5 Å². The zero-order chi connectivity index (χ0) is 23.6. The van der Waals surface area contributed by atoms with Gasteiger partial charge in [0.1, 0.15) is 11.2 Å². The molecule has 3 amide bonds. The van der Waals surface area contributed by atoms with Crippen LogP contribution < -0.4 is 10.6 Å². The lowest BCUT2D eigenvalue weighted by atomic mass is 9.94. The Labute approximate surface area is 198 Å². The van der Waals surface area contributed by atoms with Crippen molar-refractivity contribution >= 4 is 35.0 Å². The van der Waals surface area contributed by atoms with Gasteiger partial charge in [-0.2, -0.15) is 5.10 Å². The van der Waals surface area contributed by atoms with E-state index >= 15 is 0 Å². The van der Waals surface area contributed by atoms with Crippen LogP contribution in [-0.2, 0) is 11.3 Å². The second-order valence-corrected chi connectivity index (χ2v) is 9.51. The van der Waals surface area contributed by atoms with Gasteiger partial charge in [-0.25, -0.2) is 0 Å². The number of hydrogen-bond acceptors (Lipinski definition) is 4. The Balaban J connectivity index is 1.59. The molecule has 1 atom stereocenters. The molecule has 1 saturated carbocycles. The predicted molar refractivity (Wildman–Crippen MR) is 126 cm³/mol. The maximum atomic E-state index is 13.5. The third-order valence-electron chi connectivity index (χ3n) is 6.55. The Morgan fingerprint density at radius 3 is 2.58 bits per heavy atom. The zero-order valence-electron chi connectivity index (χ0n) is 19.1. The fourth-order valence-corrected chi connectivity index (χ4v) is 4.68. The maximum Gasteiger partial charge on any atom is 0.276 e. The number of nitrogens with zero attached hydrogens (tertiary/aromatic N) is 3. The minimum Gasteiger partial charge on any atom is -0.351 e. The molecule has 1 aromatic heterocycles. The summed E-state index contributed by atoms with van der Waals surface area (Å²) >= 11 is 5.90. The summed E-state index contributed by atoms with van der Waals surface area (Å²) < 4.78 is 1.50. The highest BCUT2D eigenvalue weighted by Crippen LogP contribution is 2.29. The van der Waals surface area contributed by atoms with Gasteiger partial charge in [0.2, 0.25) is 5.91 Å². The Morgan fingerprint density at radius 2 is 1.91 bits per heavy atom. The van der Waals surface area contributed by atoms with Gasteiger partial charge in [-0.3, -0.25) is 19.1 Å². The summed E-state index contributed by atoms with van der Waals surface area (Å²) in [6.45, 7) is 4.52. The Morgan fingerprint density at radius 1 is 1.21 bits per heavy atom. The maximum absolute atomic E-state index is 13.5. The minimum absolute atomic E-state index is 0.129. The van der Waals surface area contributed by atoms with Crippen molar-refractivity contribution in [1.82, 2.24) is 20.0 Å². The smallest absolute Gasteiger partial charge is 0.276 e. The van der Waals surface area contributed by atoms with Crippen LogP contribution in [0.1, 0.15) is 73.3 Å². The molecule has 0 bridgehead atoms. The molecule has 0 radical (unpaired) electrons. The van der Waals surface area contributed by atoms with Gasteiger partial charge < -0.3 is 15.5 Å². The van der Waals surface area contributed by atoms with E-state index in [1.165, 1.54) is 10.7 Å². The van der Waals surface area contributed by atoms with E-state index in [1.807, 2.05) is 6.92 Å². The fourth-order valence-electron chi connectivity index (χ4n) is 4.56. The number of unbranched alkanes of at least 4 members (excludes halogenated alkanes) is 1. The molecule has 9 heteroatoms. The quantitative estimate of drug-likeness (QED) is 0.640. The number of rotatable bonds is 7. The summed E-state index contributed by atoms with van der Waals surface area (Å²) in [5.74, 6) is -0.867. The average molecular weight is 472 g/mol. The molecule has 0 unspecified atom stereocenters. The first-order chi connectivity index (χ1) is 15.8. The molecule has 176 valence electrons. The van der Waals surface area contributed by atoms with Crippen LogP contribution in [0.3, 0.4) is 0 Å². The number of carbonyl (C=O) groups excluding carboxylic acids is 3. The topological polar surface area (TPSA) is 96.3 Å². The number of halogens is 1. The fraction of sp³-hybridized carbons (Fsp3) is 0.500. The number of carbonyl (C=O) groups is 3. The summed E-state index contributed by atoms with van der Waals surface area (Å²) in [7, 11) is 0. The van der Waals surface area contributed by atoms with Crippen molar-refractivity contribution in [2.24, 2.45) is 0 Å². The second-order valence-electron chi connectivity index (χ2n) is 9.07. The molecule has 1 aliphatic heterocycles. The van der Waals surface area contributed by atoms with Gasteiger partial charge in [0, 0.05) is 29.4 Å². The van der Waals surface area contributed by atoms with Crippen molar-refractivity contribution in [3.63, 3.8) is 0 Å². The molecule has 33 heavy (non-hydrogen) atoms. The zero-order valence-corrected chi connectivity index (χ0v) is 19.8. The highest BCUT2D eigenvalue weighted by Gasteiger charge is 2.48. The van der Waals surface area contributed by atoms with Gasteiger partial charge in [-0.15, -0.1) is 0 Å². The van der Waals surface area contributed by atoms with Gasteiger partial charge in [-0.05, 0) is 50.5 Å². The summed E-state index contributed by atoms with van der Waals surface area (Å²) in [6, 6.07) is 8.40. The van der Waals surface area contributed by atoms with Crippen LogP contribution in [0.2, 0.25) is 5.02 Å². The number of amides is 3. The Kier molecular flexibility index (Phi) is 6.74. The van der Waals surface area contributed by atoms with Crippen LogP contribution in [0.4, 0.5) is 5.69 Å². The number of aromatic nitrogens is 2. The van der Waals surface area contributed by atoms with Crippen LogP contribution >= 0.6 is 11.6 Å². The number of hydrogen-bond donors (Lipinski definition) is 2. The van der Waals surface area contributed by atoms with Gasteiger partial charge >= 0.3 is 0 Å². The van der Waals surface area contributed by atoms with Crippen LogP contribution in [0.15, 0.2) is 30.3 Å². The Hall–Kier alpha value is -2.87. The Bertz CT molecular complexity index is 1040. The first-order valence-corrected chi connectivity index (χ1v) is 12.0. The lowest BCUT2D eigenvalue weighted by molar-refractivity contribution is -0.133. The van der Waals surface area contributed by atoms with E-state index in [1.54, 1.807) is 36.1 Å². The molecule has 2 aromatic rings. The lowest BCUT2D eigenvalue weighted by Gasteiger charge is -2.43. The third-order valence-corrected chi connectivity index (χ3v) is 6.80. The van der Waals surface area contributed by atoms with E-state index in [0.29, 0.717) is 22.9 Å². The van der Waals surface area contributed by atoms with E-state index in [-0.39, 0.29) is 30.1 Å². The molecule has 8 nitrogen and oxygen atoms in total. The predicted octanol–water partition coefficient (Wildman–Crippen LogP) is 3.86. The van der Waals surface area contributed by atoms with Crippen molar-refractivity contribution in [3.8, 4) is 0 Å². The molecule has 4 rings (SSSR count). The van der Waals surface area contributed by atoms with Crippen molar-refractivity contribution in [2.75, 3.05) is 11.9 Å². The van der Waals surface area contributed by atoms with Crippen molar-refractivity contribution < 1.29 is 14.4 Å². The normalized spacial score (nSPS) is 20.6. The van der Waals surface area contributed by atoms with Gasteiger partial charge in [0.05, 0.1) is 6.54 Å². The molecule has 2 N–H and O–H groups in total. The summed E-state index contributed by atoms with van der Waals surface area (Å²) in [5.41, 5.74) is -0.0487. The van der Waals surface area contributed by atoms with Gasteiger partial charge in [0.25, 0.3) is 11.8 Å². The van der Waals surface area contributed by atoms with Crippen LogP contribution in [0.5, 0.6) is 0 Å². The van der Waals surface area contributed by atoms with Crippen LogP contribution in [-0.4, -0.2) is 50.5 Å². The van der Waals surface area contributed by atoms with Crippen molar-refractivity contribution in [1.29, 1.82) is 0 Å². The number of benzene rings is 1. The van der Waals surface area contributed by atoms with E-state index in [4.69, 9.17) is 11.6 Å². The summed E-state index contributed by atoms with van der Waals surface area (Å²) in [4.78, 5) is 41.3. The highest BCUT2D eigenvalue weighted by atomic mass is 35.5. The SMILES string of the molecule is CCCCN1C(=O)c2cc(C(=O)Nc3ccc(Cl)cc3)nn2C[C@]1(C)C(=O)NC1CCCC1. The lowest BCUT2D eigenvalue weighted by Crippen LogP contribution is -2.65. The largest absolute Gasteiger partial charge is 0.351 e. The highest BCUT2D eigenvalue weighted by molar-refractivity contribution is 6.30. The molecule has 0 saturated heterocycles. The first-order valence-electron chi connectivity index (χ1n) is 11.6. The number of fused-ring (bicyclic) bond motifs is 1. The molecule has 2 heterocycles. The molecular formula is C24H30ClN5O3. The molecule has 1 fully saturated rings. The monoisotopic (exact) mass is 471 g/mol. The van der Waals surface area contributed by atoms with Crippen LogP contribution in [0.25, 0.3) is 0 Å². The van der Waals surface area contributed by atoms with E-state index in [2.05, 4.69) is 15.7 Å². The molecular weight excluding hydrogens is 442 g/mol. The van der Waals surface area contributed by atoms with Crippen molar-refractivity contribution in [3.05, 3.63) is 46.7 Å². The minimum atomic E-state index is -1.07. The number of nitrogens with one attached hydrogen (secondary N) is 2. The summed E-state index contributed by atoms with van der Waals surface area (Å²) in [6.07, 6.45) is 5.83. The summed E-state index contributed by atoms with van der Waals surface area (Å²) in [5, 5.41) is 10.9. The standard InChI is InChI=1S/C24H30ClN5O3/c1-3-4-13-29-22(32)20-14-19(21(31)26-18-11-9-16(25)10-12-18)28-30(20)15-24(29,2)23(33)27-17-7-5-6-8-17/h9-12,14,17H,3-8,13,15H2,1-2H3,(H,26,31)(H,27,33)/t24-/m1/s1. The van der Waals surface area contributed by atoms with E-state index in [0.717, 1.165) is 38.5 Å². The molecule has 2 aliphatic rings. The van der Waals surface area contributed by atoms with E-state index < -0.39 is 11.4 Å². The first kappa shape index (κ1) is 23.3. The van der Waals surface area contributed by atoms with Gasteiger partial charge in [-0.1, -0.05) is 37.8 Å². The van der Waals surface area contributed by atoms with Crippen LogP contribution in [0, 0.1) is 0 Å². The molecule has 1 aromatic carbocycles. The number of anilines is 1. The third kappa shape index (κ3) is 4.76. The van der Waals surface area contributed by atoms with Gasteiger partial charge in [0.15, 0.2) is 5.69 Å².